The van der Waals surface area contributed by atoms with E-state index in [1.165, 1.54) is 12.8 Å². The van der Waals surface area contributed by atoms with E-state index in [1.54, 1.807) is 0 Å². The number of amides is 1. The number of aliphatic hydroxyl groups is 1. The molecule has 0 bridgehead atoms. The third kappa shape index (κ3) is 3.46. The summed E-state index contributed by atoms with van der Waals surface area (Å²) in [5, 5.41) is 12.3. The molecule has 4 heteroatoms. The van der Waals surface area contributed by atoms with Gasteiger partial charge in [0.1, 0.15) is 0 Å². The fourth-order valence-corrected chi connectivity index (χ4v) is 1.60. The molecule has 1 atom stereocenters. The molecule has 0 aromatic rings. The molecule has 0 spiro atoms. The number of carbonyl (C=O) groups excluding carboxylic acids is 1. The maximum atomic E-state index is 11.8. The van der Waals surface area contributed by atoms with Gasteiger partial charge in [0.2, 0.25) is 5.91 Å². The molecule has 0 heterocycles. The quantitative estimate of drug-likeness (QED) is 0.700. The van der Waals surface area contributed by atoms with Crippen molar-refractivity contribution in [3.05, 3.63) is 0 Å². The number of nitrogens with one attached hydrogen (secondary N) is 1. The Labute approximate surface area is 98.0 Å². The van der Waals surface area contributed by atoms with Gasteiger partial charge >= 0.3 is 0 Å². The summed E-state index contributed by atoms with van der Waals surface area (Å²) in [4.78, 5) is 13.9. The minimum Gasteiger partial charge on any atom is -0.394 e. The summed E-state index contributed by atoms with van der Waals surface area (Å²) >= 11 is 0. The van der Waals surface area contributed by atoms with Gasteiger partial charge in [-0.25, -0.2) is 0 Å². The minimum atomic E-state index is -0.512. The first-order valence-electron chi connectivity index (χ1n) is 6.01. The molecule has 0 unspecified atom stereocenters. The van der Waals surface area contributed by atoms with Crippen molar-refractivity contribution >= 4 is 5.91 Å². The fourth-order valence-electron chi connectivity index (χ4n) is 1.60. The Bertz CT molecular complexity index is 251. The maximum Gasteiger partial charge on any atom is 0.234 e. The average Bonchev–Trinajstić information content (AvgIpc) is 2.99. The lowest BCUT2D eigenvalue weighted by Gasteiger charge is -2.33. The second-order valence-electron chi connectivity index (χ2n) is 5.42. The number of carbonyl (C=O) groups is 1. The van der Waals surface area contributed by atoms with Crippen molar-refractivity contribution in [3.8, 4) is 0 Å². The van der Waals surface area contributed by atoms with Gasteiger partial charge in [0.25, 0.3) is 0 Å². The van der Waals surface area contributed by atoms with Crippen LogP contribution in [0.15, 0.2) is 0 Å². The standard InChI is InChI=1S/C12H24N2O2/c1-9(2)12(3,8-15)13-11(16)7-14(4)10-5-6-10/h9-10,15H,5-8H2,1-4H3,(H,13,16)/t12-/m0/s1. The highest BCUT2D eigenvalue weighted by Gasteiger charge is 2.31. The number of hydrogen-bond acceptors (Lipinski definition) is 3. The summed E-state index contributed by atoms with van der Waals surface area (Å²) in [6.07, 6.45) is 2.40. The van der Waals surface area contributed by atoms with Crippen molar-refractivity contribution in [1.29, 1.82) is 0 Å². The molecule has 0 aromatic carbocycles. The van der Waals surface area contributed by atoms with E-state index in [1.807, 2.05) is 27.8 Å². The Morgan fingerprint density at radius 3 is 2.50 bits per heavy atom. The monoisotopic (exact) mass is 228 g/mol. The van der Waals surface area contributed by atoms with E-state index in [-0.39, 0.29) is 18.4 Å². The van der Waals surface area contributed by atoms with Crippen molar-refractivity contribution in [2.45, 2.75) is 45.2 Å². The number of hydrogen-bond donors (Lipinski definition) is 2. The lowest BCUT2D eigenvalue weighted by atomic mass is 9.89. The summed E-state index contributed by atoms with van der Waals surface area (Å²) in [5.41, 5.74) is -0.512. The summed E-state index contributed by atoms with van der Waals surface area (Å²) in [6.45, 7) is 6.28. The summed E-state index contributed by atoms with van der Waals surface area (Å²) in [6, 6.07) is 0.588. The van der Waals surface area contributed by atoms with Crippen LogP contribution in [0.25, 0.3) is 0 Å². The largest absolute Gasteiger partial charge is 0.394 e. The molecule has 4 nitrogen and oxygen atoms in total. The zero-order valence-electron chi connectivity index (χ0n) is 10.8. The first-order chi connectivity index (χ1) is 7.39. The molecule has 0 radical (unpaired) electrons. The summed E-state index contributed by atoms with van der Waals surface area (Å²) < 4.78 is 0. The van der Waals surface area contributed by atoms with Crippen LogP contribution < -0.4 is 5.32 Å². The van der Waals surface area contributed by atoms with Crippen LogP contribution in [0.1, 0.15) is 33.6 Å². The Morgan fingerprint density at radius 2 is 2.12 bits per heavy atom. The molecule has 1 aliphatic carbocycles. The van der Waals surface area contributed by atoms with Crippen LogP contribution in [0.3, 0.4) is 0 Å². The Kier molecular flexibility index (Phi) is 4.33. The lowest BCUT2D eigenvalue weighted by Crippen LogP contribution is -2.54. The Hall–Kier alpha value is -0.610. The highest BCUT2D eigenvalue weighted by atomic mass is 16.3. The first-order valence-corrected chi connectivity index (χ1v) is 6.01. The van der Waals surface area contributed by atoms with Crippen molar-refractivity contribution < 1.29 is 9.90 Å². The van der Waals surface area contributed by atoms with Crippen molar-refractivity contribution in [2.75, 3.05) is 20.2 Å². The second kappa shape index (κ2) is 5.15. The molecule has 1 amide bonds. The highest BCUT2D eigenvalue weighted by Crippen LogP contribution is 2.25. The van der Waals surface area contributed by atoms with E-state index in [0.717, 1.165) is 0 Å². The van der Waals surface area contributed by atoms with Crippen LogP contribution >= 0.6 is 0 Å². The third-order valence-electron chi connectivity index (χ3n) is 3.59. The van der Waals surface area contributed by atoms with Gasteiger partial charge in [0.05, 0.1) is 18.7 Å². The molecule has 94 valence electrons. The normalized spacial score (nSPS) is 19.9. The molecule has 1 saturated carbocycles. The molecule has 0 aromatic heterocycles. The molecular weight excluding hydrogens is 204 g/mol. The third-order valence-corrected chi connectivity index (χ3v) is 3.59. The Morgan fingerprint density at radius 1 is 1.56 bits per heavy atom. The topological polar surface area (TPSA) is 52.6 Å². The van der Waals surface area contributed by atoms with Crippen molar-refractivity contribution in [3.63, 3.8) is 0 Å². The second-order valence-corrected chi connectivity index (χ2v) is 5.42. The highest BCUT2D eigenvalue weighted by molar-refractivity contribution is 5.79. The molecule has 1 rings (SSSR count). The van der Waals surface area contributed by atoms with Gasteiger partial charge in [-0.3, -0.25) is 9.69 Å². The molecule has 0 aliphatic heterocycles. The van der Waals surface area contributed by atoms with Gasteiger partial charge in [-0.2, -0.15) is 0 Å². The van der Waals surface area contributed by atoms with Crippen LogP contribution in [0.5, 0.6) is 0 Å². The van der Waals surface area contributed by atoms with Gasteiger partial charge in [-0.05, 0) is 32.7 Å². The van der Waals surface area contributed by atoms with Crippen molar-refractivity contribution in [1.82, 2.24) is 10.2 Å². The number of likely N-dealkylation sites (N-methyl/N-ethyl adjacent to an activating group) is 1. The number of aliphatic hydroxyl groups excluding tert-OH is 1. The van der Waals surface area contributed by atoms with Crippen LogP contribution in [0.2, 0.25) is 0 Å². The first kappa shape index (κ1) is 13.5. The van der Waals surface area contributed by atoms with Crippen LogP contribution in [-0.4, -0.2) is 47.7 Å². The van der Waals surface area contributed by atoms with E-state index in [9.17, 15) is 9.90 Å². The summed E-state index contributed by atoms with van der Waals surface area (Å²) in [7, 11) is 1.98. The van der Waals surface area contributed by atoms with Gasteiger partial charge in [0, 0.05) is 6.04 Å². The average molecular weight is 228 g/mol. The predicted molar refractivity (Wildman–Crippen MR) is 64.1 cm³/mol. The molecule has 16 heavy (non-hydrogen) atoms. The van der Waals surface area contributed by atoms with Gasteiger partial charge in [-0.1, -0.05) is 13.8 Å². The van der Waals surface area contributed by atoms with Gasteiger partial charge in [0.15, 0.2) is 0 Å². The van der Waals surface area contributed by atoms with Crippen molar-refractivity contribution in [2.24, 2.45) is 5.92 Å². The van der Waals surface area contributed by atoms with Crippen LogP contribution in [0.4, 0.5) is 0 Å². The molecule has 1 aliphatic rings. The maximum absolute atomic E-state index is 11.8. The Balaban J connectivity index is 2.42. The number of nitrogens with zero attached hydrogens (tertiary/aromatic N) is 1. The molecular formula is C12H24N2O2. The lowest BCUT2D eigenvalue weighted by molar-refractivity contribution is -0.125. The van der Waals surface area contributed by atoms with E-state index in [4.69, 9.17) is 0 Å². The van der Waals surface area contributed by atoms with Gasteiger partial charge in [-0.15, -0.1) is 0 Å². The van der Waals surface area contributed by atoms with E-state index in [0.29, 0.717) is 12.6 Å². The van der Waals surface area contributed by atoms with E-state index in [2.05, 4.69) is 10.2 Å². The smallest absolute Gasteiger partial charge is 0.234 e. The van der Waals surface area contributed by atoms with Crippen LogP contribution in [-0.2, 0) is 4.79 Å². The molecule has 2 N–H and O–H groups in total. The zero-order valence-corrected chi connectivity index (χ0v) is 10.8. The molecule has 1 fully saturated rings. The summed E-state index contributed by atoms with van der Waals surface area (Å²) in [5.74, 6) is 0.215. The predicted octanol–water partition coefficient (Wildman–Crippen LogP) is 0.604. The van der Waals surface area contributed by atoms with E-state index >= 15 is 0 Å². The SMILES string of the molecule is CC(C)[C@](C)(CO)NC(=O)CN(C)C1CC1. The fraction of sp³-hybridized carbons (Fsp3) is 0.917. The molecule has 0 saturated heterocycles. The van der Waals surface area contributed by atoms with E-state index < -0.39 is 5.54 Å². The van der Waals surface area contributed by atoms with Gasteiger partial charge < -0.3 is 10.4 Å². The zero-order chi connectivity index (χ0) is 12.3. The van der Waals surface area contributed by atoms with Crippen LogP contribution in [0, 0.1) is 5.92 Å². The number of rotatable bonds is 6. The minimum absolute atomic E-state index is 0.000324.